The molecule has 7 heteroatoms. The lowest BCUT2D eigenvalue weighted by atomic mass is 10.2. The summed E-state index contributed by atoms with van der Waals surface area (Å²) in [7, 11) is 0. The molecule has 152 valence electrons. The van der Waals surface area contributed by atoms with Crippen molar-refractivity contribution in [2.24, 2.45) is 0 Å². The highest BCUT2D eigenvalue weighted by Gasteiger charge is 2.08. The summed E-state index contributed by atoms with van der Waals surface area (Å²) >= 11 is 9.58. The standard InChI is InChI=1S/C22H21BrClFN2O2/c23-18-6-8-21(29-15-16-5-7-19(25)13-20(16)24)17(12-18)14-26-9-3-11-28-22-4-1-2-10-27-22/h1-2,4-8,10,12-13,26H,3,9,11,14-15H2. The number of pyridine rings is 1. The van der Waals surface area contributed by atoms with Crippen LogP contribution in [0.1, 0.15) is 17.5 Å². The Morgan fingerprint density at radius 2 is 1.93 bits per heavy atom. The summed E-state index contributed by atoms with van der Waals surface area (Å²) in [6.45, 7) is 2.30. The molecule has 0 amide bonds. The zero-order valence-electron chi connectivity index (χ0n) is 15.7. The highest BCUT2D eigenvalue weighted by molar-refractivity contribution is 9.10. The van der Waals surface area contributed by atoms with Crippen LogP contribution in [0, 0.1) is 5.82 Å². The molecule has 4 nitrogen and oxygen atoms in total. The number of nitrogens with one attached hydrogen (secondary N) is 1. The van der Waals surface area contributed by atoms with Crippen LogP contribution in [-0.4, -0.2) is 18.1 Å². The Kier molecular flexibility index (Phi) is 8.28. The van der Waals surface area contributed by atoms with E-state index in [4.69, 9.17) is 21.1 Å². The summed E-state index contributed by atoms with van der Waals surface area (Å²) in [5, 5.41) is 3.75. The molecule has 1 heterocycles. The Morgan fingerprint density at radius 3 is 2.72 bits per heavy atom. The van der Waals surface area contributed by atoms with Crippen LogP contribution in [0.4, 0.5) is 4.39 Å². The summed E-state index contributed by atoms with van der Waals surface area (Å²) in [4.78, 5) is 4.13. The van der Waals surface area contributed by atoms with Gasteiger partial charge in [-0.05, 0) is 49.4 Å². The van der Waals surface area contributed by atoms with Gasteiger partial charge in [0, 0.05) is 34.4 Å². The van der Waals surface area contributed by atoms with Gasteiger partial charge in [0.05, 0.1) is 11.6 Å². The van der Waals surface area contributed by atoms with Crippen LogP contribution in [0.5, 0.6) is 11.6 Å². The predicted molar refractivity (Wildman–Crippen MR) is 116 cm³/mol. The average Bonchev–Trinajstić information content (AvgIpc) is 2.72. The molecule has 0 radical (unpaired) electrons. The van der Waals surface area contributed by atoms with Gasteiger partial charge in [0.25, 0.3) is 0 Å². The fourth-order valence-corrected chi connectivity index (χ4v) is 3.28. The van der Waals surface area contributed by atoms with Gasteiger partial charge in [-0.15, -0.1) is 0 Å². The van der Waals surface area contributed by atoms with Crippen LogP contribution >= 0.6 is 27.5 Å². The third kappa shape index (κ3) is 6.99. The summed E-state index contributed by atoms with van der Waals surface area (Å²) in [6.07, 6.45) is 2.56. The zero-order chi connectivity index (χ0) is 20.5. The van der Waals surface area contributed by atoms with Crippen molar-refractivity contribution in [3.05, 3.63) is 87.2 Å². The Morgan fingerprint density at radius 1 is 1.03 bits per heavy atom. The monoisotopic (exact) mass is 478 g/mol. The van der Waals surface area contributed by atoms with Crippen LogP contribution in [0.2, 0.25) is 5.02 Å². The van der Waals surface area contributed by atoms with E-state index in [0.717, 1.165) is 34.3 Å². The first-order valence-corrected chi connectivity index (χ1v) is 10.4. The topological polar surface area (TPSA) is 43.4 Å². The van der Waals surface area contributed by atoms with Crippen molar-refractivity contribution >= 4 is 27.5 Å². The number of ether oxygens (including phenoxy) is 2. The van der Waals surface area contributed by atoms with E-state index >= 15 is 0 Å². The molecule has 2 aromatic carbocycles. The lowest BCUT2D eigenvalue weighted by molar-refractivity contribution is 0.294. The molecule has 3 aromatic rings. The number of aromatic nitrogens is 1. The Balaban J connectivity index is 1.48. The maximum atomic E-state index is 13.2. The van der Waals surface area contributed by atoms with Crippen molar-refractivity contribution in [2.45, 2.75) is 19.6 Å². The maximum absolute atomic E-state index is 13.2. The summed E-state index contributed by atoms with van der Waals surface area (Å²) < 4.78 is 25.7. The molecule has 0 saturated heterocycles. The van der Waals surface area contributed by atoms with Crippen LogP contribution in [-0.2, 0) is 13.2 Å². The molecule has 0 bridgehead atoms. The molecule has 0 unspecified atom stereocenters. The minimum Gasteiger partial charge on any atom is -0.489 e. The molecule has 0 aliphatic rings. The van der Waals surface area contributed by atoms with E-state index in [1.807, 2.05) is 36.4 Å². The fraction of sp³-hybridized carbons (Fsp3) is 0.227. The number of nitrogens with zero attached hydrogens (tertiary/aromatic N) is 1. The van der Waals surface area contributed by atoms with Gasteiger partial charge in [-0.1, -0.05) is 39.7 Å². The minimum absolute atomic E-state index is 0.270. The van der Waals surface area contributed by atoms with E-state index in [2.05, 4.69) is 26.2 Å². The third-order valence-corrected chi connectivity index (χ3v) is 4.97. The van der Waals surface area contributed by atoms with E-state index in [9.17, 15) is 4.39 Å². The van der Waals surface area contributed by atoms with Gasteiger partial charge in [-0.25, -0.2) is 9.37 Å². The van der Waals surface area contributed by atoms with Crippen molar-refractivity contribution < 1.29 is 13.9 Å². The van der Waals surface area contributed by atoms with Gasteiger partial charge < -0.3 is 14.8 Å². The number of benzene rings is 2. The first kappa shape index (κ1) is 21.6. The smallest absolute Gasteiger partial charge is 0.213 e. The molecule has 0 spiro atoms. The predicted octanol–water partition coefficient (Wildman–Crippen LogP) is 5.77. The van der Waals surface area contributed by atoms with Crippen molar-refractivity contribution in [3.8, 4) is 11.6 Å². The van der Waals surface area contributed by atoms with Crippen molar-refractivity contribution in [2.75, 3.05) is 13.2 Å². The lowest BCUT2D eigenvalue weighted by Gasteiger charge is -2.14. The second kappa shape index (κ2) is 11.1. The molecule has 1 aromatic heterocycles. The average molecular weight is 480 g/mol. The van der Waals surface area contributed by atoms with Gasteiger partial charge in [0.15, 0.2) is 0 Å². The molecule has 3 rings (SSSR count). The summed E-state index contributed by atoms with van der Waals surface area (Å²) in [6, 6.07) is 15.7. The fourth-order valence-electron chi connectivity index (χ4n) is 2.65. The van der Waals surface area contributed by atoms with Gasteiger partial charge in [-0.3, -0.25) is 0 Å². The lowest BCUT2D eigenvalue weighted by Crippen LogP contribution is -2.17. The van der Waals surface area contributed by atoms with Crippen LogP contribution < -0.4 is 14.8 Å². The maximum Gasteiger partial charge on any atom is 0.213 e. The van der Waals surface area contributed by atoms with Crippen LogP contribution in [0.25, 0.3) is 0 Å². The number of rotatable bonds is 10. The third-order valence-electron chi connectivity index (χ3n) is 4.12. The molecule has 0 aliphatic carbocycles. The number of halogens is 3. The van der Waals surface area contributed by atoms with E-state index < -0.39 is 0 Å². The Bertz CT molecular complexity index is 928. The van der Waals surface area contributed by atoms with E-state index in [-0.39, 0.29) is 12.4 Å². The Hall–Kier alpha value is -2.15. The second-order valence-electron chi connectivity index (χ2n) is 6.32. The molecular weight excluding hydrogens is 459 g/mol. The number of hydrogen-bond acceptors (Lipinski definition) is 4. The minimum atomic E-state index is -0.362. The quantitative estimate of drug-likeness (QED) is 0.375. The van der Waals surface area contributed by atoms with Crippen molar-refractivity contribution in [3.63, 3.8) is 0 Å². The van der Waals surface area contributed by atoms with E-state index in [1.54, 1.807) is 12.3 Å². The van der Waals surface area contributed by atoms with Gasteiger partial charge in [0.2, 0.25) is 5.88 Å². The van der Waals surface area contributed by atoms with Gasteiger partial charge in [-0.2, -0.15) is 0 Å². The SMILES string of the molecule is Fc1ccc(COc2ccc(Br)cc2CNCCCOc2ccccn2)c(Cl)c1. The normalized spacial score (nSPS) is 10.7. The van der Waals surface area contributed by atoms with Crippen LogP contribution in [0.3, 0.4) is 0 Å². The molecule has 1 N–H and O–H groups in total. The number of hydrogen-bond donors (Lipinski definition) is 1. The molecule has 0 saturated carbocycles. The highest BCUT2D eigenvalue weighted by atomic mass is 79.9. The molecule has 0 aliphatic heterocycles. The van der Waals surface area contributed by atoms with E-state index in [0.29, 0.717) is 24.1 Å². The van der Waals surface area contributed by atoms with Crippen LogP contribution in [0.15, 0.2) is 65.3 Å². The van der Waals surface area contributed by atoms with Crippen molar-refractivity contribution in [1.29, 1.82) is 0 Å². The molecule has 29 heavy (non-hydrogen) atoms. The second-order valence-corrected chi connectivity index (χ2v) is 7.65. The zero-order valence-corrected chi connectivity index (χ0v) is 18.0. The molecule has 0 atom stereocenters. The largest absolute Gasteiger partial charge is 0.489 e. The first-order chi connectivity index (χ1) is 14.1. The Labute approximate surface area is 183 Å². The van der Waals surface area contributed by atoms with E-state index in [1.165, 1.54) is 12.1 Å². The van der Waals surface area contributed by atoms with Gasteiger partial charge in [0.1, 0.15) is 18.2 Å². The first-order valence-electron chi connectivity index (χ1n) is 9.21. The molecular formula is C22H21BrClFN2O2. The molecule has 0 fully saturated rings. The summed E-state index contributed by atoms with van der Waals surface area (Å²) in [5.74, 6) is 1.03. The highest BCUT2D eigenvalue weighted by Crippen LogP contribution is 2.25. The summed E-state index contributed by atoms with van der Waals surface area (Å²) in [5.41, 5.74) is 1.75. The van der Waals surface area contributed by atoms with Crippen molar-refractivity contribution in [1.82, 2.24) is 10.3 Å². The van der Waals surface area contributed by atoms with Gasteiger partial charge >= 0.3 is 0 Å².